The average molecular weight is 234 g/mol. The maximum atomic E-state index is 12.0. The van der Waals surface area contributed by atoms with Gasteiger partial charge >= 0.3 is 0 Å². The molecule has 0 radical (unpaired) electrons. The fourth-order valence-corrected chi connectivity index (χ4v) is 3.48. The molecule has 1 fully saturated rings. The minimum atomic E-state index is 0.0566. The number of benzene rings is 1. The Labute approximate surface area is 99.4 Å². The first kappa shape index (κ1) is 10.0. The van der Waals surface area contributed by atoms with Gasteiger partial charge < -0.3 is 9.80 Å². The second kappa shape index (κ2) is 3.70. The number of fused-ring (bicyclic) bond motifs is 1. The van der Waals surface area contributed by atoms with E-state index >= 15 is 0 Å². The lowest BCUT2D eigenvalue weighted by Crippen LogP contribution is -2.39. The van der Waals surface area contributed by atoms with E-state index in [2.05, 4.69) is 23.1 Å². The number of thioether (sulfide) groups is 1. The van der Waals surface area contributed by atoms with E-state index in [1.165, 1.54) is 10.6 Å². The molecular weight excluding hydrogens is 220 g/mol. The molecule has 0 N–H and O–H groups in total. The summed E-state index contributed by atoms with van der Waals surface area (Å²) in [6, 6.07) is 8.39. The van der Waals surface area contributed by atoms with Crippen LogP contribution >= 0.6 is 11.8 Å². The number of carbonyl (C=O) groups excluding carboxylic acids is 1. The van der Waals surface area contributed by atoms with Gasteiger partial charge in [0.2, 0.25) is 5.91 Å². The highest BCUT2D eigenvalue weighted by molar-refractivity contribution is 7.99. The summed E-state index contributed by atoms with van der Waals surface area (Å²) in [5.74, 6) is 1.17. The second-order valence-corrected chi connectivity index (χ2v) is 5.26. The third kappa shape index (κ3) is 1.40. The zero-order valence-corrected chi connectivity index (χ0v) is 10.0. The lowest BCUT2D eigenvalue weighted by Gasteiger charge is -2.24. The highest BCUT2D eigenvalue weighted by Crippen LogP contribution is 2.40. The molecule has 0 aliphatic carbocycles. The molecule has 0 aromatic heterocycles. The molecule has 3 rings (SSSR count). The zero-order valence-electron chi connectivity index (χ0n) is 9.22. The Balaban J connectivity index is 1.91. The van der Waals surface area contributed by atoms with E-state index in [4.69, 9.17) is 0 Å². The van der Waals surface area contributed by atoms with Gasteiger partial charge in [-0.05, 0) is 18.6 Å². The fourth-order valence-electron chi connectivity index (χ4n) is 2.38. The first-order chi connectivity index (χ1) is 7.77. The maximum Gasteiger partial charge on any atom is 0.245 e. The predicted molar refractivity (Wildman–Crippen MR) is 65.7 cm³/mol. The molecule has 1 unspecified atom stereocenters. The third-order valence-electron chi connectivity index (χ3n) is 3.31. The first-order valence-electron chi connectivity index (χ1n) is 5.51. The molecule has 0 spiro atoms. The van der Waals surface area contributed by atoms with Crippen molar-refractivity contribution in [3.05, 3.63) is 24.3 Å². The predicted octanol–water partition coefficient (Wildman–Crippen LogP) is 1.79. The summed E-state index contributed by atoms with van der Waals surface area (Å²) in [6.45, 7) is 0.882. The molecule has 1 aromatic rings. The molecular formula is C12H14N2OS. The summed E-state index contributed by atoms with van der Waals surface area (Å²) < 4.78 is 0. The highest BCUT2D eigenvalue weighted by Gasteiger charge is 2.36. The number of hydrogen-bond donors (Lipinski definition) is 0. The van der Waals surface area contributed by atoms with Crippen molar-refractivity contribution in [1.29, 1.82) is 0 Å². The van der Waals surface area contributed by atoms with Crippen LogP contribution < -0.4 is 4.90 Å². The molecule has 16 heavy (non-hydrogen) atoms. The summed E-state index contributed by atoms with van der Waals surface area (Å²) in [7, 11) is 1.89. The maximum absolute atomic E-state index is 12.0. The highest BCUT2D eigenvalue weighted by atomic mass is 32.2. The normalized spacial score (nSPS) is 24.1. The van der Waals surface area contributed by atoms with Gasteiger partial charge in [-0.3, -0.25) is 4.79 Å². The van der Waals surface area contributed by atoms with Crippen LogP contribution in [0.15, 0.2) is 29.2 Å². The molecule has 0 bridgehead atoms. The van der Waals surface area contributed by atoms with Crippen molar-refractivity contribution in [2.45, 2.75) is 17.4 Å². The van der Waals surface area contributed by atoms with E-state index in [-0.39, 0.29) is 11.9 Å². The number of likely N-dealkylation sites (tertiary alicyclic amines) is 1. The Hall–Kier alpha value is -1.16. The third-order valence-corrected chi connectivity index (χ3v) is 4.37. The second-order valence-electron chi connectivity index (χ2n) is 4.28. The van der Waals surface area contributed by atoms with Crippen LogP contribution in [0, 0.1) is 0 Å². The van der Waals surface area contributed by atoms with Gasteiger partial charge in [0, 0.05) is 18.5 Å². The minimum Gasteiger partial charge on any atom is -0.349 e. The number of amides is 1. The molecule has 2 aliphatic heterocycles. The summed E-state index contributed by atoms with van der Waals surface area (Å²) in [4.78, 5) is 17.3. The minimum absolute atomic E-state index is 0.0566. The van der Waals surface area contributed by atoms with Gasteiger partial charge in [0.25, 0.3) is 0 Å². The molecule has 2 aliphatic rings. The van der Waals surface area contributed by atoms with Crippen LogP contribution in [-0.2, 0) is 4.79 Å². The molecule has 0 saturated carbocycles. The van der Waals surface area contributed by atoms with E-state index in [0.29, 0.717) is 0 Å². The van der Waals surface area contributed by atoms with Crippen LogP contribution in [0.2, 0.25) is 0 Å². The summed E-state index contributed by atoms with van der Waals surface area (Å²) in [6.07, 6.45) is 0.949. The van der Waals surface area contributed by atoms with Crippen molar-refractivity contribution >= 4 is 23.4 Å². The Morgan fingerprint density at radius 1 is 1.38 bits per heavy atom. The van der Waals surface area contributed by atoms with E-state index in [0.717, 1.165) is 18.8 Å². The van der Waals surface area contributed by atoms with E-state index < -0.39 is 0 Å². The van der Waals surface area contributed by atoms with Crippen LogP contribution in [-0.4, -0.2) is 36.3 Å². The van der Waals surface area contributed by atoms with Crippen molar-refractivity contribution in [1.82, 2.24) is 4.90 Å². The average Bonchev–Trinajstić information content (AvgIpc) is 2.85. The van der Waals surface area contributed by atoms with Crippen LogP contribution in [0.5, 0.6) is 0 Å². The molecule has 1 saturated heterocycles. The number of carbonyl (C=O) groups is 1. The first-order valence-corrected chi connectivity index (χ1v) is 6.49. The fraction of sp³-hybridized carbons (Fsp3) is 0.417. The number of rotatable bonds is 1. The van der Waals surface area contributed by atoms with Crippen LogP contribution in [0.25, 0.3) is 0 Å². The van der Waals surface area contributed by atoms with Crippen LogP contribution in [0.1, 0.15) is 6.42 Å². The quantitative estimate of drug-likeness (QED) is 0.740. The topological polar surface area (TPSA) is 23.6 Å². The van der Waals surface area contributed by atoms with Gasteiger partial charge in [-0.25, -0.2) is 0 Å². The monoisotopic (exact) mass is 234 g/mol. The van der Waals surface area contributed by atoms with Crippen LogP contribution in [0.3, 0.4) is 0 Å². The van der Waals surface area contributed by atoms with E-state index in [1.54, 1.807) is 0 Å². The largest absolute Gasteiger partial charge is 0.349 e. The van der Waals surface area contributed by atoms with Crippen molar-refractivity contribution in [3.63, 3.8) is 0 Å². The molecule has 1 atom stereocenters. The summed E-state index contributed by atoms with van der Waals surface area (Å²) in [5.41, 5.74) is 1.22. The number of hydrogen-bond acceptors (Lipinski definition) is 3. The number of anilines is 1. The number of nitrogens with zero attached hydrogens (tertiary/aromatic N) is 2. The number of likely N-dealkylation sites (N-methyl/N-ethyl adjacent to an activating group) is 1. The molecule has 84 valence electrons. The van der Waals surface area contributed by atoms with Gasteiger partial charge in [0.15, 0.2) is 0 Å². The molecule has 4 heteroatoms. The van der Waals surface area contributed by atoms with Crippen molar-refractivity contribution in [2.75, 3.05) is 24.4 Å². The number of para-hydroxylation sites is 1. The Kier molecular flexibility index (Phi) is 2.32. The zero-order chi connectivity index (χ0) is 11.1. The smallest absolute Gasteiger partial charge is 0.245 e. The molecule has 2 heterocycles. The van der Waals surface area contributed by atoms with Gasteiger partial charge in [0.1, 0.15) is 6.04 Å². The van der Waals surface area contributed by atoms with Gasteiger partial charge in [-0.15, -0.1) is 11.8 Å². The Morgan fingerprint density at radius 2 is 2.19 bits per heavy atom. The van der Waals surface area contributed by atoms with Gasteiger partial charge in [-0.1, -0.05) is 12.1 Å². The molecule has 3 nitrogen and oxygen atoms in total. The van der Waals surface area contributed by atoms with Crippen LogP contribution in [0.4, 0.5) is 5.69 Å². The molecule has 1 aromatic carbocycles. The molecule has 1 amide bonds. The van der Waals surface area contributed by atoms with Gasteiger partial charge in [-0.2, -0.15) is 0 Å². The van der Waals surface area contributed by atoms with Crippen molar-refractivity contribution < 1.29 is 4.79 Å². The van der Waals surface area contributed by atoms with E-state index in [9.17, 15) is 4.79 Å². The van der Waals surface area contributed by atoms with Gasteiger partial charge in [0.05, 0.1) is 11.6 Å². The van der Waals surface area contributed by atoms with Crippen molar-refractivity contribution in [3.8, 4) is 0 Å². The Bertz CT molecular complexity index is 435. The SMILES string of the molecule is CN1CCC(N2CSc3ccccc32)C1=O. The summed E-state index contributed by atoms with van der Waals surface area (Å²) >= 11 is 1.82. The van der Waals surface area contributed by atoms with E-state index in [1.807, 2.05) is 29.8 Å². The van der Waals surface area contributed by atoms with Crippen molar-refractivity contribution in [2.24, 2.45) is 0 Å². The Morgan fingerprint density at radius 3 is 2.94 bits per heavy atom. The summed E-state index contributed by atoms with van der Waals surface area (Å²) in [5, 5.41) is 0. The standard InChI is InChI=1S/C12H14N2OS/c1-13-7-6-10(12(13)15)14-8-16-11-5-3-2-4-9(11)14/h2-5,10H,6-8H2,1H3. The lowest BCUT2D eigenvalue weighted by molar-refractivity contribution is -0.127. The lowest BCUT2D eigenvalue weighted by atomic mass is 10.2.